The molecule has 0 bridgehead atoms. The van der Waals surface area contributed by atoms with E-state index in [2.05, 4.69) is 50.4 Å². The fraction of sp³-hybridized carbons (Fsp3) is 0.480. The van der Waals surface area contributed by atoms with Crippen molar-refractivity contribution >= 4 is 16.9 Å². The lowest BCUT2D eigenvalue weighted by molar-refractivity contribution is -0.112. The van der Waals surface area contributed by atoms with E-state index in [1.165, 1.54) is 22.9 Å². The number of nitrogens with one attached hydrogen (secondary N) is 1. The summed E-state index contributed by atoms with van der Waals surface area (Å²) in [5.74, 6) is 1.21. The number of allylic oxidation sites excluding steroid dienone is 3. The third-order valence-corrected chi connectivity index (χ3v) is 7.61. The normalized spacial score (nSPS) is 28.9. The average Bonchev–Trinajstić information content (AvgIpc) is 3.56. The van der Waals surface area contributed by atoms with Crippen LogP contribution in [-0.4, -0.2) is 25.1 Å². The van der Waals surface area contributed by atoms with Crippen LogP contribution in [0.25, 0.3) is 0 Å². The molecule has 1 N–H and O–H groups in total. The maximum Gasteiger partial charge on any atom is 0.207 e. The molecule has 1 saturated carbocycles. The van der Waals surface area contributed by atoms with Gasteiger partial charge in [0.15, 0.2) is 5.12 Å². The summed E-state index contributed by atoms with van der Waals surface area (Å²) in [6.07, 6.45) is 8.51. The van der Waals surface area contributed by atoms with Gasteiger partial charge in [-0.25, -0.2) is 0 Å². The molecule has 1 aromatic rings. The maximum absolute atomic E-state index is 12.6. The van der Waals surface area contributed by atoms with Crippen LogP contribution in [0.1, 0.15) is 45.1 Å². The molecule has 0 aromatic heterocycles. The number of hydrogen-bond acceptors (Lipinski definition) is 5. The second kappa shape index (κ2) is 7.31. The lowest BCUT2D eigenvalue weighted by Gasteiger charge is -2.42. The maximum atomic E-state index is 12.6. The molecule has 5 heteroatoms. The van der Waals surface area contributed by atoms with Crippen LogP contribution in [0.3, 0.4) is 0 Å². The molecular formula is C25H29NO3S. The summed E-state index contributed by atoms with van der Waals surface area (Å²) >= 11 is 1.39. The highest BCUT2D eigenvalue weighted by Gasteiger charge is 2.45. The van der Waals surface area contributed by atoms with E-state index in [1.807, 2.05) is 12.1 Å². The van der Waals surface area contributed by atoms with E-state index >= 15 is 0 Å². The predicted molar refractivity (Wildman–Crippen MR) is 119 cm³/mol. The number of benzene rings is 1. The summed E-state index contributed by atoms with van der Waals surface area (Å²) in [5.41, 5.74) is 4.88. The Kier molecular flexibility index (Phi) is 4.86. The zero-order valence-corrected chi connectivity index (χ0v) is 18.8. The number of methoxy groups -OCH3 is 1. The third-order valence-electron chi connectivity index (χ3n) is 6.50. The van der Waals surface area contributed by atoms with Crippen molar-refractivity contribution in [2.75, 3.05) is 13.7 Å². The quantitative estimate of drug-likeness (QED) is 0.679. The summed E-state index contributed by atoms with van der Waals surface area (Å²) in [5, 5.41) is 3.93. The van der Waals surface area contributed by atoms with Crippen LogP contribution in [0, 0.1) is 17.3 Å². The molecule has 3 unspecified atom stereocenters. The molecule has 1 aromatic carbocycles. The van der Waals surface area contributed by atoms with Crippen molar-refractivity contribution in [3.63, 3.8) is 0 Å². The predicted octanol–water partition coefficient (Wildman–Crippen LogP) is 5.18. The Morgan fingerprint density at radius 1 is 1.30 bits per heavy atom. The van der Waals surface area contributed by atoms with E-state index in [4.69, 9.17) is 9.47 Å². The van der Waals surface area contributed by atoms with Crippen molar-refractivity contribution in [3.05, 3.63) is 58.8 Å². The zero-order chi connectivity index (χ0) is 21.0. The van der Waals surface area contributed by atoms with Crippen LogP contribution in [0.2, 0.25) is 0 Å². The van der Waals surface area contributed by atoms with Crippen molar-refractivity contribution in [3.8, 4) is 5.75 Å². The van der Waals surface area contributed by atoms with Gasteiger partial charge in [0, 0.05) is 47.1 Å². The minimum Gasteiger partial charge on any atom is -0.464 e. The fourth-order valence-electron chi connectivity index (χ4n) is 4.97. The number of fused-ring (bicyclic) bond motifs is 4. The molecule has 2 aliphatic heterocycles. The van der Waals surface area contributed by atoms with Gasteiger partial charge in [0.25, 0.3) is 0 Å². The molecule has 5 rings (SSSR count). The first-order valence-electron chi connectivity index (χ1n) is 10.8. The number of ether oxygens (including phenoxy) is 2. The first-order chi connectivity index (χ1) is 14.4. The topological polar surface area (TPSA) is 47.6 Å². The van der Waals surface area contributed by atoms with Crippen LogP contribution >= 0.6 is 11.8 Å². The molecule has 0 spiro atoms. The first-order valence-corrected chi connectivity index (χ1v) is 11.6. The third kappa shape index (κ3) is 3.42. The van der Waals surface area contributed by atoms with Gasteiger partial charge in [0.2, 0.25) is 6.29 Å². The van der Waals surface area contributed by atoms with Crippen LogP contribution in [0.4, 0.5) is 0 Å². The molecule has 2 heterocycles. The highest BCUT2D eigenvalue weighted by molar-refractivity contribution is 8.13. The van der Waals surface area contributed by atoms with Crippen LogP contribution in [0.15, 0.2) is 58.2 Å². The number of thioether (sulfide) groups is 1. The van der Waals surface area contributed by atoms with Crippen molar-refractivity contribution < 1.29 is 14.3 Å². The zero-order valence-electron chi connectivity index (χ0n) is 18.0. The van der Waals surface area contributed by atoms with Gasteiger partial charge in [-0.3, -0.25) is 4.79 Å². The van der Waals surface area contributed by atoms with E-state index in [1.54, 1.807) is 7.11 Å². The summed E-state index contributed by atoms with van der Waals surface area (Å²) in [6.45, 7) is 7.58. The van der Waals surface area contributed by atoms with Crippen molar-refractivity contribution in [2.24, 2.45) is 17.3 Å². The van der Waals surface area contributed by atoms with Gasteiger partial charge in [0.1, 0.15) is 5.75 Å². The average molecular weight is 424 g/mol. The van der Waals surface area contributed by atoms with Crippen molar-refractivity contribution in [2.45, 2.75) is 50.7 Å². The molecule has 158 valence electrons. The molecule has 0 saturated heterocycles. The second-order valence-corrected chi connectivity index (χ2v) is 10.5. The molecule has 0 radical (unpaired) electrons. The Bertz CT molecular complexity index is 986. The van der Waals surface area contributed by atoms with Gasteiger partial charge in [-0.05, 0) is 49.1 Å². The Balaban J connectivity index is 1.60. The van der Waals surface area contributed by atoms with Crippen LogP contribution in [-0.2, 0) is 9.53 Å². The molecule has 4 aliphatic rings. The van der Waals surface area contributed by atoms with Gasteiger partial charge in [-0.15, -0.1) is 0 Å². The molecule has 2 aliphatic carbocycles. The van der Waals surface area contributed by atoms with E-state index in [0.29, 0.717) is 0 Å². The van der Waals surface area contributed by atoms with Crippen LogP contribution < -0.4 is 10.1 Å². The molecular weight excluding hydrogens is 394 g/mol. The number of carbonyl (C=O) groups is 1. The highest BCUT2D eigenvalue weighted by Crippen LogP contribution is 2.53. The minimum atomic E-state index is -0.372. The van der Waals surface area contributed by atoms with Gasteiger partial charge in [0.05, 0.1) is 5.92 Å². The highest BCUT2D eigenvalue weighted by atomic mass is 32.2. The van der Waals surface area contributed by atoms with E-state index in [9.17, 15) is 4.79 Å². The van der Waals surface area contributed by atoms with Crippen LogP contribution in [0.5, 0.6) is 5.75 Å². The Morgan fingerprint density at radius 2 is 2.10 bits per heavy atom. The Labute approximate surface area is 182 Å². The molecule has 0 amide bonds. The van der Waals surface area contributed by atoms with Gasteiger partial charge >= 0.3 is 0 Å². The molecule has 30 heavy (non-hydrogen) atoms. The molecule has 4 nitrogen and oxygen atoms in total. The monoisotopic (exact) mass is 423 g/mol. The lowest BCUT2D eigenvalue weighted by Crippen LogP contribution is -2.41. The second-order valence-electron chi connectivity index (χ2n) is 9.49. The van der Waals surface area contributed by atoms with Gasteiger partial charge in [-0.1, -0.05) is 43.8 Å². The summed E-state index contributed by atoms with van der Waals surface area (Å²) in [4.78, 5) is 13.6. The van der Waals surface area contributed by atoms with Crippen molar-refractivity contribution in [1.29, 1.82) is 0 Å². The lowest BCUT2D eigenvalue weighted by atomic mass is 9.72. The van der Waals surface area contributed by atoms with Gasteiger partial charge in [-0.2, -0.15) is 0 Å². The Morgan fingerprint density at radius 3 is 2.83 bits per heavy atom. The number of carbonyl (C=O) groups excluding carboxylic acids is 1. The smallest absolute Gasteiger partial charge is 0.207 e. The van der Waals surface area contributed by atoms with E-state index in [-0.39, 0.29) is 34.6 Å². The van der Waals surface area contributed by atoms with E-state index in [0.717, 1.165) is 41.3 Å². The number of rotatable bonds is 3. The van der Waals surface area contributed by atoms with E-state index < -0.39 is 0 Å². The molecule has 3 atom stereocenters. The standard InChI is InChI=1S/C25H29NO3S/c1-14-12-25(2,3)13-26-17-11-10-16-21-18(29-24(28-4)22(16)20(14)17)6-5-7-19(21)30-23(27)15-8-9-15/h5-7,10-12,15-16,22,24,26H,8-9,13H2,1-4H3. The SMILES string of the molecule is COC1Oc2cccc(SC(=O)C3CC3)c2C2C=CC3=C(C(C)=CC(C)(C)CN3)C12. The summed E-state index contributed by atoms with van der Waals surface area (Å²) in [7, 11) is 1.72. The first kappa shape index (κ1) is 20.0. The molecule has 1 fully saturated rings. The van der Waals surface area contributed by atoms with Gasteiger partial charge < -0.3 is 14.8 Å². The summed E-state index contributed by atoms with van der Waals surface area (Å²) < 4.78 is 12.2. The fourth-order valence-corrected chi connectivity index (χ4v) is 6.08. The minimum absolute atomic E-state index is 0.0397. The Hall–Kier alpha value is -1.98. The van der Waals surface area contributed by atoms with Crippen molar-refractivity contribution in [1.82, 2.24) is 5.32 Å². The largest absolute Gasteiger partial charge is 0.464 e. The number of hydrogen-bond donors (Lipinski definition) is 1. The summed E-state index contributed by atoms with van der Waals surface area (Å²) in [6, 6.07) is 6.04.